The predicted molar refractivity (Wildman–Crippen MR) is 98.1 cm³/mol. The Morgan fingerprint density at radius 3 is 2.38 bits per heavy atom. The summed E-state index contributed by atoms with van der Waals surface area (Å²) in [6.07, 6.45) is -0.339. The van der Waals surface area contributed by atoms with Gasteiger partial charge in [0.05, 0.1) is 23.9 Å². The number of carbonyl (C=O) groups is 3. The molecule has 1 aromatic heterocycles. The summed E-state index contributed by atoms with van der Waals surface area (Å²) in [7, 11) is 0. The van der Waals surface area contributed by atoms with E-state index in [1.165, 1.54) is 0 Å². The number of aryl methyl sites for hydroxylation is 1. The Labute approximate surface area is 164 Å². The minimum atomic E-state index is -1.72. The molecule has 0 radical (unpaired) electrons. The average Bonchev–Trinajstić information content (AvgIpc) is 2.94. The first kappa shape index (κ1) is 22.0. The van der Waals surface area contributed by atoms with Gasteiger partial charge >= 0.3 is 5.97 Å². The van der Waals surface area contributed by atoms with E-state index in [9.17, 15) is 27.6 Å². The molecule has 0 aliphatic carbocycles. The minimum absolute atomic E-state index is 0.0602. The molecule has 10 heteroatoms. The van der Waals surface area contributed by atoms with Crippen molar-refractivity contribution >= 4 is 23.5 Å². The molecule has 0 bridgehead atoms. The van der Waals surface area contributed by atoms with Gasteiger partial charge in [0.1, 0.15) is 5.69 Å². The number of rotatable bonds is 6. The molecule has 2 rings (SSSR count). The first-order chi connectivity index (χ1) is 13.5. The Kier molecular flexibility index (Phi) is 6.68. The molecule has 2 amide bonds. The van der Waals surface area contributed by atoms with E-state index in [0.717, 1.165) is 6.07 Å². The SMILES string of the molecule is Cc1[nH]c(C(=O)NCC(=O)Nc2ccc(F)c(F)c2F)c(C)c1C(=O)OC(C)C. The third kappa shape index (κ3) is 4.95. The summed E-state index contributed by atoms with van der Waals surface area (Å²) in [6, 6.07) is 1.52. The Morgan fingerprint density at radius 1 is 1.10 bits per heavy atom. The molecule has 1 heterocycles. The van der Waals surface area contributed by atoms with Crippen LogP contribution < -0.4 is 10.6 Å². The second-order valence-corrected chi connectivity index (χ2v) is 6.53. The number of hydrogen-bond acceptors (Lipinski definition) is 4. The third-order valence-corrected chi connectivity index (χ3v) is 3.93. The van der Waals surface area contributed by atoms with Crippen molar-refractivity contribution in [1.82, 2.24) is 10.3 Å². The van der Waals surface area contributed by atoms with Gasteiger partial charge < -0.3 is 20.4 Å². The molecule has 0 spiro atoms. The van der Waals surface area contributed by atoms with E-state index in [0.29, 0.717) is 17.3 Å². The van der Waals surface area contributed by atoms with Gasteiger partial charge in [-0.3, -0.25) is 9.59 Å². The van der Waals surface area contributed by atoms with Crippen molar-refractivity contribution < 1.29 is 32.3 Å². The van der Waals surface area contributed by atoms with Crippen LogP contribution >= 0.6 is 0 Å². The van der Waals surface area contributed by atoms with Crippen LogP contribution in [-0.2, 0) is 9.53 Å². The number of aromatic nitrogens is 1. The van der Waals surface area contributed by atoms with Crippen molar-refractivity contribution in [2.45, 2.75) is 33.8 Å². The standard InChI is InChI=1S/C19H20F3N3O4/c1-8(2)29-19(28)14-9(3)17(24-10(14)4)18(27)23-7-13(26)25-12-6-5-11(20)15(21)16(12)22/h5-6,8,24H,7H2,1-4H3,(H,23,27)(H,25,26). The lowest BCUT2D eigenvalue weighted by Gasteiger charge is -2.09. The largest absolute Gasteiger partial charge is 0.459 e. The molecule has 0 saturated heterocycles. The summed E-state index contributed by atoms with van der Waals surface area (Å²) in [5, 5.41) is 4.34. The Bertz CT molecular complexity index is 970. The fourth-order valence-corrected chi connectivity index (χ4v) is 2.62. The number of anilines is 1. The molecule has 29 heavy (non-hydrogen) atoms. The first-order valence-corrected chi connectivity index (χ1v) is 8.64. The lowest BCUT2D eigenvalue weighted by molar-refractivity contribution is -0.115. The molecule has 0 atom stereocenters. The van der Waals surface area contributed by atoms with Crippen molar-refractivity contribution in [2.75, 3.05) is 11.9 Å². The maximum absolute atomic E-state index is 13.6. The zero-order chi connectivity index (χ0) is 21.9. The van der Waals surface area contributed by atoms with Gasteiger partial charge in [-0.15, -0.1) is 0 Å². The zero-order valence-corrected chi connectivity index (χ0v) is 16.2. The van der Waals surface area contributed by atoms with Crippen molar-refractivity contribution in [3.63, 3.8) is 0 Å². The van der Waals surface area contributed by atoms with Crippen LogP contribution in [0, 0.1) is 31.3 Å². The molecule has 0 unspecified atom stereocenters. The fraction of sp³-hybridized carbons (Fsp3) is 0.316. The lowest BCUT2D eigenvalue weighted by Crippen LogP contribution is -2.33. The van der Waals surface area contributed by atoms with Crippen LogP contribution in [0.4, 0.5) is 18.9 Å². The number of esters is 1. The lowest BCUT2D eigenvalue weighted by atomic mass is 10.1. The van der Waals surface area contributed by atoms with Gasteiger partial charge in [0.15, 0.2) is 17.5 Å². The minimum Gasteiger partial charge on any atom is -0.459 e. The normalized spacial score (nSPS) is 10.8. The van der Waals surface area contributed by atoms with Crippen LogP contribution in [0.5, 0.6) is 0 Å². The van der Waals surface area contributed by atoms with Crippen molar-refractivity contribution in [3.05, 3.63) is 52.1 Å². The number of H-pyrrole nitrogens is 1. The van der Waals surface area contributed by atoms with E-state index < -0.39 is 47.5 Å². The highest BCUT2D eigenvalue weighted by Crippen LogP contribution is 2.20. The van der Waals surface area contributed by atoms with Crippen LogP contribution in [0.1, 0.15) is 46.0 Å². The van der Waals surface area contributed by atoms with E-state index in [2.05, 4.69) is 10.3 Å². The molecule has 7 nitrogen and oxygen atoms in total. The summed E-state index contributed by atoms with van der Waals surface area (Å²) in [6.45, 7) is 5.96. The molecule has 0 aliphatic heterocycles. The highest BCUT2D eigenvalue weighted by atomic mass is 19.2. The van der Waals surface area contributed by atoms with Crippen LogP contribution in [0.15, 0.2) is 12.1 Å². The highest BCUT2D eigenvalue weighted by molar-refractivity contribution is 6.02. The quantitative estimate of drug-likeness (QED) is 0.503. The van der Waals surface area contributed by atoms with Crippen molar-refractivity contribution in [3.8, 4) is 0 Å². The number of nitrogens with one attached hydrogen (secondary N) is 3. The Morgan fingerprint density at radius 2 is 1.76 bits per heavy atom. The summed E-state index contributed by atoms with van der Waals surface area (Å²) in [5.74, 6) is -6.78. The van der Waals surface area contributed by atoms with Gasteiger partial charge in [0.2, 0.25) is 5.91 Å². The molecule has 3 N–H and O–H groups in total. The van der Waals surface area contributed by atoms with Crippen LogP contribution in [0.3, 0.4) is 0 Å². The number of halogens is 3. The molecule has 0 fully saturated rings. The molecule has 0 saturated carbocycles. The van der Waals surface area contributed by atoms with Gasteiger partial charge in [-0.25, -0.2) is 18.0 Å². The number of benzene rings is 1. The number of amides is 2. The van der Waals surface area contributed by atoms with Crippen molar-refractivity contribution in [1.29, 1.82) is 0 Å². The average molecular weight is 411 g/mol. The summed E-state index contributed by atoms with van der Waals surface area (Å²) in [4.78, 5) is 39.2. The van der Waals surface area contributed by atoms with Crippen molar-refractivity contribution in [2.24, 2.45) is 0 Å². The van der Waals surface area contributed by atoms with Crippen LogP contribution in [0.25, 0.3) is 0 Å². The van der Waals surface area contributed by atoms with Gasteiger partial charge in [-0.2, -0.15) is 0 Å². The molecule has 1 aromatic carbocycles. The van der Waals surface area contributed by atoms with E-state index in [4.69, 9.17) is 4.74 Å². The summed E-state index contributed by atoms with van der Waals surface area (Å²) >= 11 is 0. The third-order valence-electron chi connectivity index (χ3n) is 3.93. The Balaban J connectivity index is 2.05. The predicted octanol–water partition coefficient (Wildman–Crippen LogP) is 2.98. The Hall–Kier alpha value is -3.30. The first-order valence-electron chi connectivity index (χ1n) is 8.64. The number of carbonyl (C=O) groups excluding carboxylic acids is 3. The monoisotopic (exact) mass is 411 g/mol. The van der Waals surface area contributed by atoms with E-state index in [1.54, 1.807) is 27.7 Å². The van der Waals surface area contributed by atoms with Gasteiger partial charge in [-0.1, -0.05) is 0 Å². The number of hydrogen-bond donors (Lipinski definition) is 3. The zero-order valence-electron chi connectivity index (χ0n) is 16.2. The molecular formula is C19H20F3N3O4. The van der Waals surface area contributed by atoms with E-state index in [-0.39, 0.29) is 17.4 Å². The second kappa shape index (κ2) is 8.80. The summed E-state index contributed by atoms with van der Waals surface area (Å²) in [5.41, 5.74) is 0.486. The molecule has 2 aromatic rings. The topological polar surface area (TPSA) is 100 Å². The molecular weight excluding hydrogens is 391 g/mol. The van der Waals surface area contributed by atoms with Gasteiger partial charge in [0.25, 0.3) is 5.91 Å². The maximum Gasteiger partial charge on any atom is 0.340 e. The van der Waals surface area contributed by atoms with Crippen LogP contribution in [0.2, 0.25) is 0 Å². The van der Waals surface area contributed by atoms with Gasteiger partial charge in [0, 0.05) is 5.69 Å². The maximum atomic E-state index is 13.6. The summed E-state index contributed by atoms with van der Waals surface area (Å²) < 4.78 is 44.8. The molecule has 156 valence electrons. The molecule has 0 aliphatic rings. The number of aromatic amines is 1. The van der Waals surface area contributed by atoms with E-state index >= 15 is 0 Å². The smallest absolute Gasteiger partial charge is 0.340 e. The van der Waals surface area contributed by atoms with Crippen LogP contribution in [-0.4, -0.2) is 35.4 Å². The highest BCUT2D eigenvalue weighted by Gasteiger charge is 2.24. The fourth-order valence-electron chi connectivity index (χ4n) is 2.62. The van der Waals surface area contributed by atoms with Gasteiger partial charge in [-0.05, 0) is 45.4 Å². The number of ether oxygens (including phenoxy) is 1. The second-order valence-electron chi connectivity index (χ2n) is 6.53. The van der Waals surface area contributed by atoms with E-state index in [1.807, 2.05) is 5.32 Å².